The van der Waals surface area contributed by atoms with Crippen LogP contribution >= 0.6 is 11.3 Å². The molecular weight excluding hydrogens is 278 g/mol. The van der Waals surface area contributed by atoms with Gasteiger partial charge >= 0.3 is 6.03 Å². The van der Waals surface area contributed by atoms with Crippen LogP contribution in [-0.4, -0.2) is 46.1 Å². The van der Waals surface area contributed by atoms with Crippen molar-refractivity contribution in [1.29, 1.82) is 0 Å². The van der Waals surface area contributed by atoms with Crippen molar-refractivity contribution >= 4 is 39.2 Å². The fraction of sp³-hybridized carbons (Fsp3) is 0.308. The fourth-order valence-electron chi connectivity index (χ4n) is 2.42. The average Bonchev–Trinajstić information content (AvgIpc) is 2.93. The van der Waals surface area contributed by atoms with Gasteiger partial charge in [0.05, 0.1) is 27.5 Å². The average molecular weight is 291 g/mol. The number of aliphatic hydroxyl groups excluding tert-OH is 1. The fourth-order valence-corrected chi connectivity index (χ4v) is 3.13. The van der Waals surface area contributed by atoms with Gasteiger partial charge in [0.15, 0.2) is 0 Å². The van der Waals surface area contributed by atoms with Gasteiger partial charge in [0.2, 0.25) is 0 Å². The lowest BCUT2D eigenvalue weighted by Gasteiger charge is -2.17. The van der Waals surface area contributed by atoms with Crippen LogP contribution < -0.4 is 4.90 Å². The van der Waals surface area contributed by atoms with Gasteiger partial charge in [0, 0.05) is 7.05 Å². The molecule has 1 aliphatic rings. The Morgan fingerprint density at radius 3 is 2.80 bits per heavy atom. The van der Waals surface area contributed by atoms with Crippen molar-refractivity contribution in [3.63, 3.8) is 0 Å². The number of carbonyl (C=O) groups is 2. The van der Waals surface area contributed by atoms with Gasteiger partial charge in [-0.05, 0) is 25.1 Å². The van der Waals surface area contributed by atoms with E-state index in [1.807, 2.05) is 0 Å². The second kappa shape index (κ2) is 4.53. The van der Waals surface area contributed by atoms with Crippen LogP contribution in [0.2, 0.25) is 0 Å². The van der Waals surface area contributed by atoms with Crippen molar-refractivity contribution in [1.82, 2.24) is 9.88 Å². The highest BCUT2D eigenvalue weighted by Crippen LogP contribution is 2.29. The lowest BCUT2D eigenvalue weighted by atomic mass is 10.1. The van der Waals surface area contributed by atoms with Crippen molar-refractivity contribution in [2.75, 3.05) is 11.9 Å². The third kappa shape index (κ3) is 1.78. The highest BCUT2D eigenvalue weighted by Gasteiger charge is 2.46. The Morgan fingerprint density at radius 2 is 2.15 bits per heavy atom. The number of aromatic nitrogens is 1. The molecule has 0 saturated carbocycles. The standard InChI is InChI=1S/C13H13N3O3S/c1-7(17)11-12(18)16(13(19)15(11)2)8-3-4-9-10(5-8)20-6-14-9/h3-7,11,17H,1-2H3. The van der Waals surface area contributed by atoms with E-state index in [9.17, 15) is 14.7 Å². The summed E-state index contributed by atoms with van der Waals surface area (Å²) >= 11 is 1.45. The summed E-state index contributed by atoms with van der Waals surface area (Å²) in [5.41, 5.74) is 3.05. The Bertz CT molecular complexity index is 697. The van der Waals surface area contributed by atoms with Gasteiger partial charge in [-0.2, -0.15) is 0 Å². The second-order valence-electron chi connectivity index (χ2n) is 4.76. The summed E-state index contributed by atoms with van der Waals surface area (Å²) in [5.74, 6) is -0.406. The van der Waals surface area contributed by atoms with Crippen LogP contribution in [0, 0.1) is 0 Å². The summed E-state index contributed by atoms with van der Waals surface area (Å²) in [6.07, 6.45) is -0.909. The van der Waals surface area contributed by atoms with E-state index in [1.165, 1.54) is 30.2 Å². The molecule has 2 heterocycles. The van der Waals surface area contributed by atoms with Crippen LogP contribution in [0.1, 0.15) is 6.92 Å². The molecule has 0 spiro atoms. The summed E-state index contributed by atoms with van der Waals surface area (Å²) in [5, 5.41) is 9.66. The van der Waals surface area contributed by atoms with Crippen LogP contribution in [0.5, 0.6) is 0 Å². The minimum Gasteiger partial charge on any atom is -0.391 e. The third-order valence-electron chi connectivity index (χ3n) is 3.41. The first kappa shape index (κ1) is 13.0. The predicted molar refractivity (Wildman–Crippen MR) is 75.7 cm³/mol. The number of benzene rings is 1. The molecule has 104 valence electrons. The van der Waals surface area contributed by atoms with Crippen molar-refractivity contribution < 1.29 is 14.7 Å². The highest BCUT2D eigenvalue weighted by molar-refractivity contribution is 7.16. The monoisotopic (exact) mass is 291 g/mol. The Hall–Kier alpha value is -1.99. The molecule has 1 aliphatic heterocycles. The van der Waals surface area contributed by atoms with E-state index in [1.54, 1.807) is 23.7 Å². The summed E-state index contributed by atoms with van der Waals surface area (Å²) < 4.78 is 0.909. The minimum atomic E-state index is -0.909. The first-order valence-corrected chi connectivity index (χ1v) is 7.00. The summed E-state index contributed by atoms with van der Waals surface area (Å²) in [6.45, 7) is 1.50. The number of urea groups is 1. The maximum Gasteiger partial charge on any atom is 0.331 e. The first-order chi connectivity index (χ1) is 9.50. The molecule has 1 aromatic heterocycles. The molecule has 6 nitrogen and oxygen atoms in total. The maximum absolute atomic E-state index is 12.3. The molecule has 1 fully saturated rings. The Morgan fingerprint density at radius 1 is 1.40 bits per heavy atom. The molecule has 3 amide bonds. The second-order valence-corrected chi connectivity index (χ2v) is 5.64. The number of imide groups is 1. The zero-order valence-corrected chi connectivity index (χ0v) is 11.8. The van der Waals surface area contributed by atoms with Gasteiger partial charge in [-0.15, -0.1) is 11.3 Å². The van der Waals surface area contributed by atoms with Gasteiger partial charge in [0.1, 0.15) is 6.04 Å². The number of nitrogens with zero attached hydrogens (tertiary/aromatic N) is 3. The molecule has 0 aliphatic carbocycles. The first-order valence-electron chi connectivity index (χ1n) is 6.13. The molecule has 3 rings (SSSR count). The van der Waals surface area contributed by atoms with Crippen molar-refractivity contribution in [2.45, 2.75) is 19.1 Å². The van der Waals surface area contributed by atoms with Gasteiger partial charge < -0.3 is 10.0 Å². The predicted octanol–water partition coefficient (Wildman–Crippen LogP) is 1.44. The van der Waals surface area contributed by atoms with Crippen LogP contribution in [0.4, 0.5) is 10.5 Å². The number of carbonyl (C=O) groups excluding carboxylic acids is 2. The molecule has 1 saturated heterocycles. The molecule has 1 aromatic carbocycles. The molecule has 1 N–H and O–H groups in total. The van der Waals surface area contributed by atoms with Crippen LogP contribution in [0.15, 0.2) is 23.7 Å². The normalized spacial score (nSPS) is 21.1. The van der Waals surface area contributed by atoms with Crippen LogP contribution in [0.3, 0.4) is 0 Å². The number of rotatable bonds is 2. The molecule has 0 radical (unpaired) electrons. The molecule has 0 bridgehead atoms. The number of anilines is 1. The quantitative estimate of drug-likeness (QED) is 0.850. The zero-order valence-electron chi connectivity index (χ0n) is 11.0. The summed E-state index contributed by atoms with van der Waals surface area (Å²) in [7, 11) is 1.52. The van der Waals surface area contributed by atoms with Crippen molar-refractivity contribution in [3.8, 4) is 0 Å². The number of aliphatic hydroxyl groups is 1. The third-order valence-corrected chi connectivity index (χ3v) is 4.21. The van der Waals surface area contributed by atoms with Crippen LogP contribution in [-0.2, 0) is 4.79 Å². The zero-order chi connectivity index (χ0) is 14.4. The lowest BCUT2D eigenvalue weighted by molar-refractivity contribution is -0.122. The van der Waals surface area contributed by atoms with Crippen molar-refractivity contribution in [3.05, 3.63) is 23.7 Å². The van der Waals surface area contributed by atoms with E-state index < -0.39 is 24.1 Å². The van der Waals surface area contributed by atoms with Crippen LogP contribution in [0.25, 0.3) is 10.2 Å². The molecule has 2 atom stereocenters. The van der Waals surface area contributed by atoms with E-state index in [4.69, 9.17) is 0 Å². The lowest BCUT2D eigenvalue weighted by Crippen LogP contribution is -2.40. The van der Waals surface area contributed by atoms with E-state index in [0.717, 1.165) is 15.1 Å². The van der Waals surface area contributed by atoms with Gasteiger partial charge in [-0.1, -0.05) is 0 Å². The van der Waals surface area contributed by atoms with E-state index in [-0.39, 0.29) is 0 Å². The molecule has 7 heteroatoms. The Kier molecular flexibility index (Phi) is 2.95. The number of amides is 3. The maximum atomic E-state index is 12.3. The van der Waals surface area contributed by atoms with Gasteiger partial charge in [-0.3, -0.25) is 4.79 Å². The Balaban J connectivity index is 2.04. The number of hydrogen-bond donors (Lipinski definition) is 1. The topological polar surface area (TPSA) is 73.7 Å². The number of fused-ring (bicyclic) bond motifs is 1. The number of thiazole rings is 1. The summed E-state index contributed by atoms with van der Waals surface area (Å²) in [4.78, 5) is 31.1. The summed E-state index contributed by atoms with van der Waals surface area (Å²) in [6, 6.07) is 3.97. The van der Waals surface area contributed by atoms with E-state index in [2.05, 4.69) is 4.98 Å². The molecular formula is C13H13N3O3S. The molecule has 2 unspecified atom stereocenters. The molecule has 2 aromatic rings. The molecule has 20 heavy (non-hydrogen) atoms. The van der Waals surface area contributed by atoms with Gasteiger partial charge in [-0.25, -0.2) is 14.7 Å². The van der Waals surface area contributed by atoms with E-state index >= 15 is 0 Å². The van der Waals surface area contributed by atoms with E-state index in [0.29, 0.717) is 5.69 Å². The largest absolute Gasteiger partial charge is 0.391 e. The SMILES string of the molecule is CC(O)C1C(=O)N(c2ccc3ncsc3c2)C(=O)N1C. The van der Waals surface area contributed by atoms with Crippen molar-refractivity contribution in [2.24, 2.45) is 0 Å². The number of hydrogen-bond acceptors (Lipinski definition) is 5. The minimum absolute atomic E-state index is 0.406. The number of likely N-dealkylation sites (N-methyl/N-ethyl adjacent to an activating group) is 1. The Labute approximate surface area is 119 Å². The highest BCUT2D eigenvalue weighted by atomic mass is 32.1. The van der Waals surface area contributed by atoms with Gasteiger partial charge in [0.25, 0.3) is 5.91 Å². The smallest absolute Gasteiger partial charge is 0.331 e.